The van der Waals surface area contributed by atoms with Crippen molar-refractivity contribution in [2.24, 2.45) is 10.7 Å². The summed E-state index contributed by atoms with van der Waals surface area (Å²) in [5.41, 5.74) is 8.77. The molecule has 1 unspecified atom stereocenters. The van der Waals surface area contributed by atoms with E-state index in [1.807, 2.05) is 37.3 Å². The van der Waals surface area contributed by atoms with E-state index in [1.165, 1.54) is 15.3 Å². The van der Waals surface area contributed by atoms with Gasteiger partial charge in [0.2, 0.25) is 0 Å². The molecule has 6 heteroatoms. The molecule has 2 aliphatic rings. The zero-order valence-electron chi connectivity index (χ0n) is 14.6. The quantitative estimate of drug-likeness (QED) is 0.790. The molecule has 2 N–H and O–H groups in total. The number of fused-ring (bicyclic) bond motifs is 2. The number of thiophene rings is 1. The average Bonchev–Trinajstić information content (AvgIpc) is 3.10. The highest BCUT2D eigenvalue weighted by Gasteiger charge is 2.39. The smallest absolute Gasteiger partial charge is 0.154 e. The maximum absolute atomic E-state index is 9.06. The van der Waals surface area contributed by atoms with Crippen LogP contribution in [0.25, 0.3) is 10.4 Å². The van der Waals surface area contributed by atoms with E-state index in [9.17, 15) is 0 Å². The summed E-state index contributed by atoms with van der Waals surface area (Å²) in [6.07, 6.45) is 6.11. The van der Waals surface area contributed by atoms with Gasteiger partial charge >= 0.3 is 0 Å². The predicted octanol–water partition coefficient (Wildman–Crippen LogP) is 4.69. The first kappa shape index (κ1) is 18.0. The number of hydrogen-bond donors (Lipinski definition) is 1. The summed E-state index contributed by atoms with van der Waals surface area (Å²) in [4.78, 5) is 11.5. The summed E-state index contributed by atoms with van der Waals surface area (Å²) in [6.45, 7) is 4.00. The van der Waals surface area contributed by atoms with Crippen LogP contribution in [0.4, 0.5) is 0 Å². The molecule has 130 valence electrons. The summed E-state index contributed by atoms with van der Waals surface area (Å²) < 4.78 is 0. The van der Waals surface area contributed by atoms with Gasteiger partial charge in [0, 0.05) is 21.7 Å². The monoisotopic (exact) mass is 370 g/mol. The standard InChI is InChI=1S/C17H16N4S2.C2H6/c18-10-12-8-11(3-6-20-12)15-9-13-14(23-15)2-1-4-17(13)5-7-22-16(19)21-17;1-2/h3,6,8-9H,1-2,4-5,7H2,(H2,19,21);1-2H3. The first-order valence-electron chi connectivity index (χ1n) is 8.68. The van der Waals surface area contributed by atoms with Crippen LogP contribution in [0.2, 0.25) is 0 Å². The lowest BCUT2D eigenvalue weighted by atomic mass is 9.78. The molecule has 0 aromatic carbocycles. The molecule has 2 aromatic rings. The van der Waals surface area contributed by atoms with Gasteiger partial charge in [0.05, 0.1) is 5.54 Å². The number of aryl methyl sites for hydroxylation is 1. The number of hydrogen-bond acceptors (Lipinski definition) is 6. The molecule has 4 rings (SSSR count). The molecule has 2 aromatic heterocycles. The zero-order valence-corrected chi connectivity index (χ0v) is 16.2. The van der Waals surface area contributed by atoms with E-state index in [0.29, 0.717) is 10.9 Å². The molecule has 0 saturated heterocycles. The Morgan fingerprint density at radius 2 is 2.12 bits per heavy atom. The van der Waals surface area contributed by atoms with E-state index in [0.717, 1.165) is 37.0 Å². The first-order valence-corrected chi connectivity index (χ1v) is 10.5. The average molecular weight is 371 g/mol. The Balaban J connectivity index is 0.000000880. The SMILES string of the molecule is CC.N#Cc1cc(-c2cc3c(s2)CCCC32CCSC(N)=N2)ccn1. The Morgan fingerprint density at radius 1 is 1.28 bits per heavy atom. The van der Waals surface area contributed by atoms with Gasteiger partial charge in [-0.15, -0.1) is 11.3 Å². The summed E-state index contributed by atoms with van der Waals surface area (Å²) in [5, 5.41) is 9.77. The Bertz CT molecular complexity index is 834. The van der Waals surface area contributed by atoms with Gasteiger partial charge in [-0.2, -0.15) is 5.26 Å². The highest BCUT2D eigenvalue weighted by atomic mass is 32.2. The van der Waals surface area contributed by atoms with Crippen molar-refractivity contribution in [3.63, 3.8) is 0 Å². The van der Waals surface area contributed by atoms with Crippen LogP contribution in [0.3, 0.4) is 0 Å². The minimum atomic E-state index is -0.122. The zero-order chi connectivity index (χ0) is 17.9. The van der Waals surface area contributed by atoms with Crippen LogP contribution in [0, 0.1) is 11.3 Å². The van der Waals surface area contributed by atoms with Crippen LogP contribution in [0.5, 0.6) is 0 Å². The third-order valence-corrected chi connectivity index (χ3v) is 6.59. The summed E-state index contributed by atoms with van der Waals surface area (Å²) in [5.74, 6) is 1.04. The van der Waals surface area contributed by atoms with Gasteiger partial charge in [-0.1, -0.05) is 25.6 Å². The van der Waals surface area contributed by atoms with Crippen molar-refractivity contribution in [2.75, 3.05) is 5.75 Å². The molecule has 1 aliphatic carbocycles. The Labute approximate surface area is 157 Å². The van der Waals surface area contributed by atoms with Gasteiger partial charge in [-0.05, 0) is 55.0 Å². The number of nitrogens with two attached hydrogens (primary N) is 1. The van der Waals surface area contributed by atoms with Crippen LogP contribution in [-0.2, 0) is 12.0 Å². The van der Waals surface area contributed by atoms with E-state index in [1.54, 1.807) is 18.0 Å². The number of amidine groups is 1. The lowest BCUT2D eigenvalue weighted by molar-refractivity contribution is 0.368. The van der Waals surface area contributed by atoms with E-state index in [2.05, 4.69) is 17.1 Å². The largest absolute Gasteiger partial charge is 0.379 e. The maximum atomic E-state index is 9.06. The van der Waals surface area contributed by atoms with E-state index < -0.39 is 0 Å². The molecule has 0 saturated carbocycles. The van der Waals surface area contributed by atoms with Gasteiger partial charge < -0.3 is 5.73 Å². The van der Waals surface area contributed by atoms with Gasteiger partial charge in [0.25, 0.3) is 0 Å². The van der Waals surface area contributed by atoms with Crippen molar-refractivity contribution in [1.82, 2.24) is 4.98 Å². The Hall–Kier alpha value is -1.84. The van der Waals surface area contributed by atoms with Crippen LogP contribution in [0.1, 0.15) is 49.2 Å². The lowest BCUT2D eigenvalue weighted by Crippen LogP contribution is -2.34. The fraction of sp³-hybridized carbons (Fsp3) is 0.421. The predicted molar refractivity (Wildman–Crippen MR) is 107 cm³/mol. The molecule has 0 amide bonds. The molecule has 0 bridgehead atoms. The molecule has 1 atom stereocenters. The first-order chi connectivity index (χ1) is 12.2. The fourth-order valence-electron chi connectivity index (χ4n) is 3.47. The molecule has 1 spiro atoms. The third kappa shape index (κ3) is 3.44. The van der Waals surface area contributed by atoms with E-state index in [4.69, 9.17) is 16.0 Å². The molecular formula is C19H22N4S2. The number of aromatic nitrogens is 1. The molecule has 3 heterocycles. The van der Waals surface area contributed by atoms with Crippen LogP contribution < -0.4 is 5.73 Å². The highest BCUT2D eigenvalue weighted by Crippen LogP contribution is 2.48. The molecular weight excluding hydrogens is 348 g/mol. The fourth-order valence-corrected chi connectivity index (χ4v) is 5.65. The summed E-state index contributed by atoms with van der Waals surface area (Å²) in [7, 11) is 0. The van der Waals surface area contributed by atoms with Crippen LogP contribution in [0.15, 0.2) is 29.4 Å². The van der Waals surface area contributed by atoms with Crippen molar-refractivity contribution < 1.29 is 0 Å². The van der Waals surface area contributed by atoms with E-state index in [-0.39, 0.29) is 5.54 Å². The Morgan fingerprint density at radius 3 is 2.88 bits per heavy atom. The Kier molecular flexibility index (Phi) is 5.45. The number of pyridine rings is 1. The van der Waals surface area contributed by atoms with Crippen molar-refractivity contribution in [1.29, 1.82) is 5.26 Å². The second-order valence-corrected chi connectivity index (χ2v) is 8.17. The van der Waals surface area contributed by atoms with E-state index >= 15 is 0 Å². The van der Waals surface area contributed by atoms with Gasteiger partial charge in [-0.3, -0.25) is 4.99 Å². The second kappa shape index (κ2) is 7.59. The number of thioether (sulfide) groups is 1. The molecule has 0 fully saturated rings. The molecule has 1 aliphatic heterocycles. The van der Waals surface area contributed by atoms with Crippen LogP contribution >= 0.6 is 23.1 Å². The van der Waals surface area contributed by atoms with Crippen LogP contribution in [-0.4, -0.2) is 15.9 Å². The number of aliphatic imine (C=N–C) groups is 1. The third-order valence-electron chi connectivity index (χ3n) is 4.55. The minimum Gasteiger partial charge on any atom is -0.379 e. The van der Waals surface area contributed by atoms with Crippen molar-refractivity contribution in [2.45, 2.75) is 45.1 Å². The molecule has 4 nitrogen and oxygen atoms in total. The summed E-state index contributed by atoms with van der Waals surface area (Å²) >= 11 is 3.48. The normalized spacial score (nSPS) is 21.6. The van der Waals surface area contributed by atoms with Crippen molar-refractivity contribution >= 4 is 28.3 Å². The number of rotatable bonds is 1. The number of nitriles is 1. The topological polar surface area (TPSA) is 75.1 Å². The minimum absolute atomic E-state index is 0.122. The van der Waals surface area contributed by atoms with Crippen molar-refractivity contribution in [3.8, 4) is 16.5 Å². The van der Waals surface area contributed by atoms with Gasteiger partial charge in [0.15, 0.2) is 5.17 Å². The van der Waals surface area contributed by atoms with Crippen molar-refractivity contribution in [3.05, 3.63) is 40.5 Å². The summed E-state index contributed by atoms with van der Waals surface area (Å²) in [6, 6.07) is 8.21. The maximum Gasteiger partial charge on any atom is 0.154 e. The van der Waals surface area contributed by atoms with Gasteiger partial charge in [0.1, 0.15) is 11.8 Å². The second-order valence-electron chi connectivity index (χ2n) is 5.92. The lowest BCUT2D eigenvalue weighted by Gasteiger charge is -2.36. The molecule has 25 heavy (non-hydrogen) atoms. The highest BCUT2D eigenvalue weighted by molar-refractivity contribution is 8.13. The van der Waals surface area contributed by atoms with Gasteiger partial charge in [-0.25, -0.2) is 4.98 Å². The molecule has 0 radical (unpaired) electrons. The number of nitrogens with zero attached hydrogens (tertiary/aromatic N) is 3.